The molecule has 2 rings (SSSR count). The molecule has 1 unspecified atom stereocenters. The number of hydrogen-bond acceptors (Lipinski definition) is 5. The fourth-order valence-electron chi connectivity index (χ4n) is 2.42. The van der Waals surface area contributed by atoms with E-state index in [9.17, 15) is 0 Å². The Morgan fingerprint density at radius 2 is 2.38 bits per heavy atom. The van der Waals surface area contributed by atoms with Gasteiger partial charge >= 0.3 is 0 Å². The van der Waals surface area contributed by atoms with Gasteiger partial charge in [-0.1, -0.05) is 5.16 Å². The fraction of sp³-hybridized carbons (Fsp3) is 0.818. The average Bonchev–Trinajstić information content (AvgIpc) is 2.87. The zero-order valence-electron chi connectivity index (χ0n) is 10.0. The first-order chi connectivity index (χ1) is 7.70. The highest BCUT2D eigenvalue weighted by molar-refractivity contribution is 4.93. The Morgan fingerprint density at radius 3 is 3.00 bits per heavy atom. The number of aromatic nitrogens is 2. The number of nitrogens with zero attached hydrogens (tertiary/aromatic N) is 3. The second-order valence-electron chi connectivity index (χ2n) is 4.64. The van der Waals surface area contributed by atoms with Crippen molar-refractivity contribution in [2.24, 2.45) is 5.73 Å². The molecule has 90 valence electrons. The van der Waals surface area contributed by atoms with E-state index in [1.807, 2.05) is 0 Å². The molecule has 16 heavy (non-hydrogen) atoms. The normalized spacial score (nSPS) is 22.1. The van der Waals surface area contributed by atoms with Gasteiger partial charge in [-0.25, -0.2) is 0 Å². The lowest BCUT2D eigenvalue weighted by Crippen LogP contribution is -2.36. The summed E-state index contributed by atoms with van der Waals surface area (Å²) >= 11 is 0. The van der Waals surface area contributed by atoms with Crippen molar-refractivity contribution in [1.29, 1.82) is 0 Å². The molecule has 0 amide bonds. The molecular formula is C11H20N4O. The Morgan fingerprint density at radius 1 is 1.56 bits per heavy atom. The van der Waals surface area contributed by atoms with E-state index in [4.69, 9.17) is 10.3 Å². The molecule has 1 fully saturated rings. The zero-order valence-corrected chi connectivity index (χ0v) is 10.0. The quantitative estimate of drug-likeness (QED) is 0.824. The van der Waals surface area contributed by atoms with Crippen molar-refractivity contribution in [3.05, 3.63) is 11.7 Å². The maximum Gasteiger partial charge on any atom is 0.240 e. The predicted octanol–water partition coefficient (Wildman–Crippen LogP) is 0.944. The van der Waals surface area contributed by atoms with E-state index in [0.717, 1.165) is 12.2 Å². The van der Waals surface area contributed by atoms with E-state index in [-0.39, 0.29) is 0 Å². The smallest absolute Gasteiger partial charge is 0.240 e. The Bertz CT molecular complexity index is 336. The molecule has 2 N–H and O–H groups in total. The van der Waals surface area contributed by atoms with Gasteiger partial charge < -0.3 is 10.3 Å². The van der Waals surface area contributed by atoms with Crippen LogP contribution in [-0.2, 0) is 13.0 Å². The zero-order chi connectivity index (χ0) is 11.5. The molecule has 0 saturated carbocycles. The topological polar surface area (TPSA) is 68.2 Å². The molecule has 0 aliphatic carbocycles. The third-order valence-electron chi connectivity index (χ3n) is 3.19. The number of likely N-dealkylation sites (tertiary alicyclic amines) is 1. The summed E-state index contributed by atoms with van der Waals surface area (Å²) in [5.74, 6) is 1.32. The minimum Gasteiger partial charge on any atom is -0.338 e. The SMILES string of the molecule is CC(C)N1CCCC1Cc1noc(CN)n1. The van der Waals surface area contributed by atoms with Gasteiger partial charge in [0.05, 0.1) is 6.54 Å². The highest BCUT2D eigenvalue weighted by Gasteiger charge is 2.27. The first kappa shape index (κ1) is 11.5. The third-order valence-corrected chi connectivity index (χ3v) is 3.19. The van der Waals surface area contributed by atoms with Crippen LogP contribution in [0.5, 0.6) is 0 Å². The molecule has 0 aromatic carbocycles. The van der Waals surface area contributed by atoms with E-state index in [1.54, 1.807) is 0 Å². The van der Waals surface area contributed by atoms with Crippen molar-refractivity contribution in [1.82, 2.24) is 15.0 Å². The molecule has 5 nitrogen and oxygen atoms in total. The van der Waals surface area contributed by atoms with E-state index in [0.29, 0.717) is 24.5 Å². The lowest BCUT2D eigenvalue weighted by Gasteiger charge is -2.27. The molecule has 1 aliphatic heterocycles. The highest BCUT2D eigenvalue weighted by atomic mass is 16.5. The molecule has 0 spiro atoms. The second-order valence-corrected chi connectivity index (χ2v) is 4.64. The summed E-state index contributed by atoms with van der Waals surface area (Å²) in [5.41, 5.74) is 5.44. The van der Waals surface area contributed by atoms with Crippen molar-refractivity contribution in [3.8, 4) is 0 Å². The number of nitrogens with two attached hydrogens (primary N) is 1. The van der Waals surface area contributed by atoms with E-state index in [1.165, 1.54) is 19.4 Å². The van der Waals surface area contributed by atoms with Crippen molar-refractivity contribution in [3.63, 3.8) is 0 Å². The van der Waals surface area contributed by atoms with Crippen LogP contribution in [0.25, 0.3) is 0 Å². The van der Waals surface area contributed by atoms with Crippen molar-refractivity contribution >= 4 is 0 Å². The van der Waals surface area contributed by atoms with Crippen molar-refractivity contribution in [2.75, 3.05) is 6.54 Å². The van der Waals surface area contributed by atoms with Gasteiger partial charge in [-0.05, 0) is 33.2 Å². The summed E-state index contributed by atoms with van der Waals surface area (Å²) in [6.45, 7) is 5.98. The first-order valence-electron chi connectivity index (χ1n) is 5.98. The highest BCUT2D eigenvalue weighted by Crippen LogP contribution is 2.22. The van der Waals surface area contributed by atoms with E-state index >= 15 is 0 Å². The molecule has 1 atom stereocenters. The minimum atomic E-state index is 0.325. The molecule has 5 heteroatoms. The van der Waals surface area contributed by atoms with E-state index in [2.05, 4.69) is 28.9 Å². The van der Waals surface area contributed by atoms with E-state index < -0.39 is 0 Å². The standard InChI is InChI=1S/C11H20N4O/c1-8(2)15-5-3-4-9(15)6-10-13-11(7-12)16-14-10/h8-9H,3-7,12H2,1-2H3. The maximum atomic E-state index is 5.44. The molecular weight excluding hydrogens is 204 g/mol. The largest absolute Gasteiger partial charge is 0.338 e. The molecule has 0 radical (unpaired) electrons. The van der Waals surface area contributed by atoms with Gasteiger partial charge in [0.2, 0.25) is 5.89 Å². The summed E-state index contributed by atoms with van der Waals surface area (Å²) in [6.07, 6.45) is 3.37. The van der Waals surface area contributed by atoms with Crippen molar-refractivity contribution < 1.29 is 4.52 Å². The number of rotatable bonds is 4. The Balaban J connectivity index is 1.98. The average molecular weight is 224 g/mol. The Kier molecular flexibility index (Phi) is 3.56. The van der Waals surface area contributed by atoms with Gasteiger partial charge in [0.1, 0.15) is 0 Å². The van der Waals surface area contributed by atoms with Gasteiger partial charge in [0, 0.05) is 18.5 Å². The first-order valence-corrected chi connectivity index (χ1v) is 5.98. The van der Waals surface area contributed by atoms with Crippen LogP contribution >= 0.6 is 0 Å². The second kappa shape index (κ2) is 4.93. The van der Waals surface area contributed by atoms with Crippen LogP contribution in [0.4, 0.5) is 0 Å². The summed E-state index contributed by atoms with van der Waals surface area (Å²) in [6, 6.07) is 1.15. The summed E-state index contributed by atoms with van der Waals surface area (Å²) in [7, 11) is 0. The van der Waals surface area contributed by atoms with Crippen LogP contribution in [0, 0.1) is 0 Å². The van der Waals surface area contributed by atoms with Gasteiger partial charge in [-0.15, -0.1) is 0 Å². The van der Waals surface area contributed by atoms with Crippen LogP contribution < -0.4 is 5.73 Å². The third kappa shape index (κ3) is 2.41. The summed E-state index contributed by atoms with van der Waals surface area (Å²) in [4.78, 5) is 6.77. The van der Waals surface area contributed by atoms with Crippen molar-refractivity contribution in [2.45, 2.75) is 51.7 Å². The van der Waals surface area contributed by atoms with Gasteiger partial charge in [0.15, 0.2) is 5.82 Å². The van der Waals surface area contributed by atoms with Crippen LogP contribution in [0.15, 0.2) is 4.52 Å². The van der Waals surface area contributed by atoms with Crippen LogP contribution in [-0.4, -0.2) is 33.7 Å². The van der Waals surface area contributed by atoms with Gasteiger partial charge in [-0.3, -0.25) is 4.90 Å². The Hall–Kier alpha value is -0.940. The molecule has 0 bridgehead atoms. The van der Waals surface area contributed by atoms with Crippen LogP contribution in [0.1, 0.15) is 38.4 Å². The van der Waals surface area contributed by atoms with Crippen LogP contribution in [0.2, 0.25) is 0 Å². The molecule has 1 aromatic rings. The Labute approximate surface area is 96.0 Å². The summed E-state index contributed by atoms with van der Waals surface area (Å²) < 4.78 is 5.02. The number of hydrogen-bond donors (Lipinski definition) is 1. The predicted molar refractivity (Wildman–Crippen MR) is 60.8 cm³/mol. The molecule has 1 aliphatic rings. The maximum absolute atomic E-state index is 5.44. The lowest BCUT2D eigenvalue weighted by atomic mass is 10.1. The monoisotopic (exact) mass is 224 g/mol. The fourth-order valence-corrected chi connectivity index (χ4v) is 2.42. The van der Waals surface area contributed by atoms with Gasteiger partial charge in [0.25, 0.3) is 0 Å². The summed E-state index contributed by atoms with van der Waals surface area (Å²) in [5, 5.41) is 3.95. The molecule has 1 saturated heterocycles. The van der Waals surface area contributed by atoms with Crippen LogP contribution in [0.3, 0.4) is 0 Å². The van der Waals surface area contributed by atoms with Gasteiger partial charge in [-0.2, -0.15) is 4.98 Å². The molecule has 1 aromatic heterocycles. The molecule has 2 heterocycles. The lowest BCUT2D eigenvalue weighted by molar-refractivity contribution is 0.200. The minimum absolute atomic E-state index is 0.325.